The Kier molecular flexibility index (Phi) is 46.0. The molecular weight excluding hydrogens is 218 g/mol. The van der Waals surface area contributed by atoms with Gasteiger partial charge in [-0.2, -0.15) is 0 Å². The van der Waals surface area contributed by atoms with Crippen molar-refractivity contribution >= 4 is 33.5 Å². The average Bonchev–Trinajstić information content (AvgIpc) is 0.722. The summed E-state index contributed by atoms with van der Waals surface area (Å²) in [4.78, 5) is 0. The van der Waals surface area contributed by atoms with Crippen LogP contribution >= 0.6 is 0 Å². The van der Waals surface area contributed by atoms with E-state index in [9.17, 15) is 0 Å². The Hall–Kier alpha value is 3.56. The van der Waals surface area contributed by atoms with Crippen molar-refractivity contribution in [2.45, 2.75) is 0 Å². The van der Waals surface area contributed by atoms with E-state index in [2.05, 4.69) is 0 Å². The van der Waals surface area contributed by atoms with Crippen LogP contribution in [0.3, 0.4) is 0 Å². The van der Waals surface area contributed by atoms with Crippen molar-refractivity contribution < 1.29 is 111 Å². The summed E-state index contributed by atoms with van der Waals surface area (Å²) in [5.41, 5.74) is 0. The molecule has 9 heteroatoms. The van der Waals surface area contributed by atoms with E-state index >= 15 is 0 Å². The molecule has 0 aromatic rings. The van der Waals surface area contributed by atoms with Gasteiger partial charge in [0.25, 0.3) is 0 Å². The maximum atomic E-state index is 8.52. The number of halogens is 1. The van der Waals surface area contributed by atoms with Crippen LogP contribution in [0.1, 0.15) is 0 Å². The van der Waals surface area contributed by atoms with Crippen LogP contribution in [0.2, 0.25) is 0 Å². The van der Waals surface area contributed by atoms with Gasteiger partial charge in [-0.05, 0) is 0 Å². The van der Waals surface area contributed by atoms with Crippen LogP contribution in [0.5, 0.6) is 0 Å². The molecular formula is ClKMgNaO4S+. The first kappa shape index (κ1) is 29.4. The third kappa shape index (κ3) is 83.3. The van der Waals surface area contributed by atoms with E-state index in [0.717, 1.165) is 0 Å². The molecule has 0 saturated carbocycles. The summed E-state index contributed by atoms with van der Waals surface area (Å²) in [6.07, 6.45) is 0. The monoisotopic (exact) mass is 217 g/mol. The molecule has 0 aliphatic heterocycles. The fourth-order valence-corrected chi connectivity index (χ4v) is 0. The molecule has 40 valence electrons. The summed E-state index contributed by atoms with van der Waals surface area (Å²) in [5.74, 6) is 0. The molecule has 0 bridgehead atoms. The zero-order chi connectivity index (χ0) is 4.50. The maximum absolute atomic E-state index is 8.52. The molecule has 9 heavy (non-hydrogen) atoms. The van der Waals surface area contributed by atoms with Crippen LogP contribution in [-0.4, -0.2) is 40.6 Å². The SMILES string of the molecule is O=S(=O)([O-])[O-].[Cl-].[K+].[Mg+2].[Na+]. The molecule has 0 aromatic heterocycles. The smallest absolute Gasteiger partial charge is 1.00 e. The average molecular weight is 218 g/mol. The first-order chi connectivity index (χ1) is 2.00. The van der Waals surface area contributed by atoms with Gasteiger partial charge in [-0.3, -0.25) is 8.42 Å². The standard InChI is InChI=1S/ClH.K.Mg.Na.H2O4S/c;;;;1-5(2,3)4/h1H;;;;(H2,1,2,3,4)/q;+1;+2;+1;/p-3. The fraction of sp³-hybridized carbons (Fsp3) is 0. The van der Waals surface area contributed by atoms with Crippen molar-refractivity contribution in [2.24, 2.45) is 0 Å². The molecule has 0 N–H and O–H groups in total. The fourth-order valence-electron chi connectivity index (χ4n) is 0. The maximum Gasteiger partial charge on any atom is 2.00 e. The molecule has 0 fully saturated rings. The van der Waals surface area contributed by atoms with Gasteiger partial charge in [-0.1, -0.05) is 0 Å². The normalized spacial score (nSPS) is 6.44. The number of hydrogen-bond donors (Lipinski definition) is 0. The Morgan fingerprint density at radius 1 is 1.11 bits per heavy atom. The predicted molar refractivity (Wildman–Crippen MR) is 16.2 cm³/mol. The molecule has 0 radical (unpaired) electrons. The topological polar surface area (TPSA) is 80.3 Å². The van der Waals surface area contributed by atoms with Gasteiger partial charge in [-0.15, -0.1) is 0 Å². The molecule has 0 aliphatic rings. The molecule has 0 saturated heterocycles. The molecule has 0 unspecified atom stereocenters. The minimum absolute atomic E-state index is 0. The van der Waals surface area contributed by atoms with Crippen LogP contribution in [-0.2, 0) is 10.4 Å². The Bertz CT molecular complexity index is 104. The molecule has 0 aromatic carbocycles. The van der Waals surface area contributed by atoms with Gasteiger partial charge in [0.2, 0.25) is 0 Å². The third-order valence-corrected chi connectivity index (χ3v) is 0. The second kappa shape index (κ2) is 14.1. The van der Waals surface area contributed by atoms with Crippen molar-refractivity contribution in [1.29, 1.82) is 0 Å². The van der Waals surface area contributed by atoms with Gasteiger partial charge in [0.05, 0.1) is 0 Å². The summed E-state index contributed by atoms with van der Waals surface area (Å²) >= 11 is 0. The van der Waals surface area contributed by atoms with Gasteiger partial charge in [0.1, 0.15) is 0 Å². The summed E-state index contributed by atoms with van der Waals surface area (Å²) < 4.78 is 34.1. The number of rotatable bonds is 0. The Labute approximate surface area is 141 Å². The van der Waals surface area contributed by atoms with Gasteiger partial charge in [-0.25, -0.2) is 0 Å². The predicted octanol–water partition coefficient (Wildman–Crippen LogP) is -10.7. The van der Waals surface area contributed by atoms with Crippen LogP contribution < -0.4 is 93.3 Å². The molecule has 0 amide bonds. The summed E-state index contributed by atoms with van der Waals surface area (Å²) in [6.45, 7) is 0. The zero-order valence-corrected chi connectivity index (χ0v) is 13.2. The first-order valence-corrected chi connectivity index (χ1v) is 2.00. The largest absolute Gasteiger partial charge is 2.00 e. The molecule has 0 aliphatic carbocycles. The van der Waals surface area contributed by atoms with Crippen LogP contribution in [0.15, 0.2) is 0 Å². The van der Waals surface area contributed by atoms with Crippen molar-refractivity contribution in [1.82, 2.24) is 0 Å². The van der Waals surface area contributed by atoms with Gasteiger partial charge >= 0.3 is 104 Å². The second-order valence-electron chi connectivity index (χ2n) is 0.408. The molecule has 0 rings (SSSR count). The molecule has 0 atom stereocenters. The zero-order valence-electron chi connectivity index (χ0n) is 5.13. The molecule has 0 heterocycles. The van der Waals surface area contributed by atoms with Crippen LogP contribution in [0.25, 0.3) is 0 Å². The summed E-state index contributed by atoms with van der Waals surface area (Å²) in [7, 11) is -5.17. The van der Waals surface area contributed by atoms with E-state index in [1.807, 2.05) is 0 Å². The number of hydrogen-bond acceptors (Lipinski definition) is 4. The van der Waals surface area contributed by atoms with Gasteiger partial charge in [0.15, 0.2) is 0 Å². The van der Waals surface area contributed by atoms with E-state index in [1.54, 1.807) is 0 Å². The minimum atomic E-state index is -5.17. The Balaban J connectivity index is -0.0000000133. The molecule has 4 nitrogen and oxygen atoms in total. The van der Waals surface area contributed by atoms with E-state index in [4.69, 9.17) is 17.5 Å². The van der Waals surface area contributed by atoms with Gasteiger partial charge in [0, 0.05) is 10.4 Å². The van der Waals surface area contributed by atoms with Crippen molar-refractivity contribution in [3.63, 3.8) is 0 Å². The molecule has 0 spiro atoms. The van der Waals surface area contributed by atoms with Crippen LogP contribution in [0.4, 0.5) is 0 Å². The Morgan fingerprint density at radius 2 is 1.11 bits per heavy atom. The van der Waals surface area contributed by atoms with E-state index in [-0.39, 0.29) is 116 Å². The van der Waals surface area contributed by atoms with Crippen molar-refractivity contribution in [3.8, 4) is 0 Å². The van der Waals surface area contributed by atoms with Crippen molar-refractivity contribution in [3.05, 3.63) is 0 Å². The minimum Gasteiger partial charge on any atom is -1.00 e. The van der Waals surface area contributed by atoms with E-state index in [1.165, 1.54) is 0 Å². The van der Waals surface area contributed by atoms with E-state index in [0.29, 0.717) is 0 Å². The third-order valence-electron chi connectivity index (χ3n) is 0. The van der Waals surface area contributed by atoms with Crippen LogP contribution in [0, 0.1) is 0 Å². The van der Waals surface area contributed by atoms with Crippen molar-refractivity contribution in [2.75, 3.05) is 0 Å². The Morgan fingerprint density at radius 3 is 1.11 bits per heavy atom. The van der Waals surface area contributed by atoms with Gasteiger partial charge < -0.3 is 21.5 Å². The first-order valence-electron chi connectivity index (χ1n) is 0.667. The summed E-state index contributed by atoms with van der Waals surface area (Å²) in [6, 6.07) is 0. The summed E-state index contributed by atoms with van der Waals surface area (Å²) in [5, 5.41) is 0. The quantitative estimate of drug-likeness (QED) is 0.229. The van der Waals surface area contributed by atoms with E-state index < -0.39 is 10.4 Å². The second-order valence-corrected chi connectivity index (χ2v) is 1.22.